The molecule has 9 heteroatoms. The first-order chi connectivity index (χ1) is 17.6. The van der Waals surface area contributed by atoms with Crippen molar-refractivity contribution < 1.29 is 9.53 Å². The minimum atomic E-state index is -0.418. The van der Waals surface area contributed by atoms with Gasteiger partial charge >= 0.3 is 0 Å². The molecule has 0 aliphatic carbocycles. The van der Waals surface area contributed by atoms with E-state index < -0.39 is 5.91 Å². The van der Waals surface area contributed by atoms with Crippen LogP contribution in [0.4, 0.5) is 0 Å². The van der Waals surface area contributed by atoms with Crippen LogP contribution in [-0.2, 0) is 17.1 Å². The first-order valence-electron chi connectivity index (χ1n) is 11.6. The van der Waals surface area contributed by atoms with E-state index in [9.17, 15) is 4.79 Å². The molecule has 2 aromatic carbocycles. The summed E-state index contributed by atoms with van der Waals surface area (Å²) >= 11 is 2.67. The summed E-state index contributed by atoms with van der Waals surface area (Å²) in [5.41, 5.74) is 3.47. The molecule has 5 rings (SSSR count). The third kappa shape index (κ3) is 5.47. The first kappa shape index (κ1) is 24.1. The minimum absolute atomic E-state index is 0.102. The number of aromatic nitrogens is 1. The Hall–Kier alpha value is -3.56. The number of aryl methyl sites for hydroxylation is 2. The molecule has 0 saturated heterocycles. The number of nitrogens with zero attached hydrogens (tertiary/aromatic N) is 4. The molecule has 0 bridgehead atoms. The van der Waals surface area contributed by atoms with Gasteiger partial charge in [0.1, 0.15) is 11.6 Å². The van der Waals surface area contributed by atoms with E-state index in [0.717, 1.165) is 42.1 Å². The van der Waals surface area contributed by atoms with Crippen molar-refractivity contribution in [3.05, 3.63) is 95.3 Å². The maximum absolute atomic E-state index is 12.8. The van der Waals surface area contributed by atoms with E-state index in [0.29, 0.717) is 16.9 Å². The summed E-state index contributed by atoms with van der Waals surface area (Å²) in [6, 6.07) is 22.0. The number of thioether (sulfide) groups is 1. The lowest BCUT2D eigenvalue weighted by Crippen LogP contribution is -2.41. The SMILES string of the molecule is Cc1ccc(OCCCn2cccc2C=C2C(=N)N3C(SCc4ccccc4)=NSC3=NC2=O)cc1. The number of hydrogen-bond donors (Lipinski definition) is 1. The summed E-state index contributed by atoms with van der Waals surface area (Å²) in [5.74, 6) is 1.26. The first-order valence-corrected chi connectivity index (χ1v) is 13.3. The Kier molecular flexibility index (Phi) is 7.39. The van der Waals surface area contributed by atoms with Gasteiger partial charge < -0.3 is 9.30 Å². The van der Waals surface area contributed by atoms with Crippen molar-refractivity contribution in [2.45, 2.75) is 25.6 Å². The molecule has 0 fully saturated rings. The summed E-state index contributed by atoms with van der Waals surface area (Å²) in [5, 5.41) is 9.88. The standard InChI is InChI=1S/C27H25N5O2S2/c1-19-10-12-22(13-11-19)34-16-6-15-31-14-5-9-21(31)17-23-24(28)32-26(29-25(23)33)36-30-27(32)35-18-20-7-3-2-4-8-20/h2-5,7-14,17,28H,6,15-16,18H2,1H3. The van der Waals surface area contributed by atoms with Gasteiger partial charge in [0.25, 0.3) is 5.91 Å². The minimum Gasteiger partial charge on any atom is -0.494 e. The van der Waals surface area contributed by atoms with E-state index >= 15 is 0 Å². The number of carbonyl (C=O) groups is 1. The molecule has 3 heterocycles. The van der Waals surface area contributed by atoms with E-state index in [1.165, 1.54) is 22.9 Å². The molecule has 1 aromatic heterocycles. The second kappa shape index (κ2) is 11.0. The third-order valence-corrected chi connectivity index (χ3v) is 7.52. The highest BCUT2D eigenvalue weighted by molar-refractivity contribution is 8.18. The van der Waals surface area contributed by atoms with E-state index in [1.54, 1.807) is 11.0 Å². The molecule has 0 atom stereocenters. The van der Waals surface area contributed by atoms with Crippen LogP contribution in [0.2, 0.25) is 0 Å². The van der Waals surface area contributed by atoms with Gasteiger partial charge in [0.15, 0.2) is 5.17 Å². The summed E-state index contributed by atoms with van der Waals surface area (Å²) in [6.07, 6.45) is 4.52. The second-order valence-electron chi connectivity index (χ2n) is 8.32. The van der Waals surface area contributed by atoms with Gasteiger partial charge in [-0.2, -0.15) is 9.39 Å². The molecule has 0 spiro atoms. The fraction of sp³-hybridized carbons (Fsp3) is 0.185. The van der Waals surface area contributed by atoms with Crippen molar-refractivity contribution >= 4 is 51.9 Å². The maximum atomic E-state index is 12.8. The van der Waals surface area contributed by atoms with Gasteiger partial charge in [0, 0.05) is 24.2 Å². The predicted octanol–water partition coefficient (Wildman–Crippen LogP) is 5.78. The molecule has 7 nitrogen and oxygen atoms in total. The van der Waals surface area contributed by atoms with E-state index in [-0.39, 0.29) is 11.4 Å². The highest BCUT2D eigenvalue weighted by Gasteiger charge is 2.37. The van der Waals surface area contributed by atoms with Gasteiger partial charge in [-0.3, -0.25) is 10.2 Å². The third-order valence-electron chi connectivity index (χ3n) is 5.69. The van der Waals surface area contributed by atoms with Gasteiger partial charge in [-0.25, -0.2) is 4.90 Å². The van der Waals surface area contributed by atoms with Gasteiger partial charge in [-0.1, -0.05) is 59.8 Å². The molecular formula is C27H25N5O2S2. The summed E-state index contributed by atoms with van der Waals surface area (Å²) < 4.78 is 12.4. The van der Waals surface area contributed by atoms with E-state index in [1.807, 2.05) is 60.8 Å². The Labute approximate surface area is 218 Å². The lowest BCUT2D eigenvalue weighted by atomic mass is 10.1. The van der Waals surface area contributed by atoms with Gasteiger partial charge in [-0.05, 0) is 49.2 Å². The molecule has 2 aliphatic rings. The largest absolute Gasteiger partial charge is 0.494 e. The Morgan fingerprint density at radius 2 is 1.89 bits per heavy atom. The quantitative estimate of drug-likeness (QED) is 0.234. The Morgan fingerprint density at radius 3 is 2.69 bits per heavy atom. The lowest BCUT2D eigenvalue weighted by molar-refractivity contribution is -0.114. The zero-order chi connectivity index (χ0) is 24.9. The van der Waals surface area contributed by atoms with Crippen LogP contribution in [0, 0.1) is 12.3 Å². The highest BCUT2D eigenvalue weighted by atomic mass is 32.2. The normalized spacial score (nSPS) is 16.2. The summed E-state index contributed by atoms with van der Waals surface area (Å²) in [7, 11) is 0. The van der Waals surface area contributed by atoms with E-state index in [2.05, 4.69) is 33.0 Å². The van der Waals surface area contributed by atoms with Crippen molar-refractivity contribution in [2.75, 3.05) is 6.61 Å². The molecule has 0 saturated carbocycles. The number of hydrogen-bond acceptors (Lipinski definition) is 6. The summed E-state index contributed by atoms with van der Waals surface area (Å²) in [4.78, 5) is 18.7. The number of ether oxygens (including phenoxy) is 1. The number of amides is 1. The van der Waals surface area contributed by atoms with Crippen molar-refractivity contribution in [3.8, 4) is 5.75 Å². The molecule has 1 N–H and O–H groups in total. The van der Waals surface area contributed by atoms with Gasteiger partial charge in [0.05, 0.1) is 24.1 Å². The number of nitrogens with one attached hydrogen (secondary N) is 1. The van der Waals surface area contributed by atoms with Gasteiger partial charge in [-0.15, -0.1) is 0 Å². The molecule has 36 heavy (non-hydrogen) atoms. The van der Waals surface area contributed by atoms with Crippen LogP contribution in [-0.4, -0.2) is 38.2 Å². The Balaban J connectivity index is 1.24. The number of benzene rings is 2. The second-order valence-corrected chi connectivity index (χ2v) is 10.00. The highest BCUT2D eigenvalue weighted by Crippen LogP contribution is 2.33. The number of carbonyl (C=O) groups excluding carboxylic acids is 1. The van der Waals surface area contributed by atoms with Crippen molar-refractivity contribution in [2.24, 2.45) is 9.39 Å². The smallest absolute Gasteiger partial charge is 0.283 e. The monoisotopic (exact) mass is 515 g/mol. The van der Waals surface area contributed by atoms with Crippen molar-refractivity contribution in [3.63, 3.8) is 0 Å². The van der Waals surface area contributed by atoms with Crippen LogP contribution in [0.3, 0.4) is 0 Å². The zero-order valence-corrected chi connectivity index (χ0v) is 21.4. The van der Waals surface area contributed by atoms with Crippen LogP contribution in [0.5, 0.6) is 5.75 Å². The average molecular weight is 516 g/mol. The van der Waals surface area contributed by atoms with Gasteiger partial charge in [0.2, 0.25) is 5.17 Å². The average Bonchev–Trinajstić information content (AvgIpc) is 3.51. The van der Waals surface area contributed by atoms with Crippen molar-refractivity contribution in [1.29, 1.82) is 5.41 Å². The predicted molar refractivity (Wildman–Crippen MR) is 148 cm³/mol. The van der Waals surface area contributed by atoms with Crippen LogP contribution in [0.1, 0.15) is 23.2 Å². The van der Waals surface area contributed by atoms with Crippen LogP contribution < -0.4 is 4.74 Å². The van der Waals surface area contributed by atoms with Crippen LogP contribution in [0.15, 0.2) is 87.9 Å². The zero-order valence-electron chi connectivity index (χ0n) is 19.8. The molecule has 3 aromatic rings. The van der Waals surface area contributed by atoms with E-state index in [4.69, 9.17) is 10.1 Å². The summed E-state index contributed by atoms with van der Waals surface area (Å²) in [6.45, 7) is 3.37. The topological polar surface area (TPSA) is 83.0 Å². The van der Waals surface area contributed by atoms with Crippen LogP contribution in [0.25, 0.3) is 6.08 Å². The molecule has 182 valence electrons. The van der Waals surface area contributed by atoms with Crippen molar-refractivity contribution in [1.82, 2.24) is 9.47 Å². The fourth-order valence-electron chi connectivity index (χ4n) is 3.79. The molecular weight excluding hydrogens is 490 g/mol. The van der Waals surface area contributed by atoms with Crippen LogP contribution >= 0.6 is 23.7 Å². The molecule has 0 radical (unpaired) electrons. The Bertz CT molecular complexity index is 1360. The fourth-order valence-corrected chi connectivity index (χ4v) is 5.59. The lowest BCUT2D eigenvalue weighted by Gasteiger charge is -2.24. The number of rotatable bonds is 8. The number of fused-ring (bicyclic) bond motifs is 1. The number of amidine groups is 3. The number of aliphatic imine (C=N–C) groups is 1. The molecule has 2 aliphatic heterocycles. The molecule has 0 unspecified atom stereocenters. The Morgan fingerprint density at radius 1 is 1.08 bits per heavy atom. The molecule has 1 amide bonds. The maximum Gasteiger partial charge on any atom is 0.283 e.